The molecular formula is C13H16FN3. The zero-order valence-corrected chi connectivity index (χ0v) is 10.2. The van der Waals surface area contributed by atoms with Crippen LogP contribution in [0.5, 0.6) is 0 Å². The Hall–Kier alpha value is -1.84. The van der Waals surface area contributed by atoms with Gasteiger partial charge in [0, 0.05) is 5.56 Å². The highest BCUT2D eigenvalue weighted by molar-refractivity contribution is 5.76. The number of aromatic amines is 1. The van der Waals surface area contributed by atoms with Crippen LogP contribution < -0.4 is 5.73 Å². The first-order chi connectivity index (χ1) is 8.00. The number of nitrogens with two attached hydrogens (primary N) is 1. The fourth-order valence-electron chi connectivity index (χ4n) is 1.93. The van der Waals surface area contributed by atoms with Gasteiger partial charge in [-0.25, -0.2) is 4.39 Å². The zero-order valence-electron chi connectivity index (χ0n) is 10.2. The van der Waals surface area contributed by atoms with Crippen LogP contribution in [0.25, 0.3) is 11.1 Å². The summed E-state index contributed by atoms with van der Waals surface area (Å²) in [5.41, 5.74) is 9.11. The molecule has 0 saturated carbocycles. The molecule has 1 heterocycles. The first-order valence-electron chi connectivity index (χ1n) is 5.60. The molecule has 0 unspecified atom stereocenters. The van der Waals surface area contributed by atoms with Gasteiger partial charge in [0.25, 0.3) is 0 Å². The van der Waals surface area contributed by atoms with E-state index in [0.29, 0.717) is 11.4 Å². The minimum Gasteiger partial charge on any atom is -0.384 e. The summed E-state index contributed by atoms with van der Waals surface area (Å²) >= 11 is 0. The summed E-state index contributed by atoms with van der Waals surface area (Å²) in [5.74, 6) is 0.486. The van der Waals surface area contributed by atoms with E-state index in [2.05, 4.69) is 10.2 Å². The third-order valence-electron chi connectivity index (χ3n) is 2.92. The van der Waals surface area contributed by atoms with E-state index < -0.39 is 0 Å². The Morgan fingerprint density at radius 2 is 2.00 bits per heavy atom. The fourth-order valence-corrected chi connectivity index (χ4v) is 1.93. The fraction of sp³-hybridized carbons (Fsp3) is 0.308. The summed E-state index contributed by atoms with van der Waals surface area (Å²) in [6.45, 7) is 5.81. The van der Waals surface area contributed by atoms with Crippen molar-refractivity contribution in [3.8, 4) is 11.1 Å². The highest BCUT2D eigenvalue weighted by Crippen LogP contribution is 2.31. The van der Waals surface area contributed by atoms with E-state index in [9.17, 15) is 4.39 Å². The number of anilines is 1. The van der Waals surface area contributed by atoms with Crippen LogP contribution in [0.1, 0.15) is 30.9 Å². The maximum atomic E-state index is 13.8. The second kappa shape index (κ2) is 4.20. The van der Waals surface area contributed by atoms with Gasteiger partial charge >= 0.3 is 0 Å². The van der Waals surface area contributed by atoms with E-state index in [4.69, 9.17) is 5.73 Å². The maximum absolute atomic E-state index is 13.8. The van der Waals surface area contributed by atoms with Gasteiger partial charge in [-0.1, -0.05) is 13.8 Å². The maximum Gasteiger partial charge on any atom is 0.126 e. The second-order valence-corrected chi connectivity index (χ2v) is 4.54. The van der Waals surface area contributed by atoms with Crippen molar-refractivity contribution >= 4 is 5.82 Å². The normalized spacial score (nSPS) is 11.1. The summed E-state index contributed by atoms with van der Waals surface area (Å²) in [4.78, 5) is 0. The van der Waals surface area contributed by atoms with Crippen LogP contribution >= 0.6 is 0 Å². The van der Waals surface area contributed by atoms with Gasteiger partial charge in [-0.3, -0.25) is 5.10 Å². The van der Waals surface area contributed by atoms with E-state index in [1.54, 1.807) is 12.3 Å². The molecule has 4 heteroatoms. The number of nitrogens with one attached hydrogen (secondary N) is 1. The van der Waals surface area contributed by atoms with E-state index in [0.717, 1.165) is 16.7 Å². The number of aryl methyl sites for hydroxylation is 1. The average Bonchev–Trinajstić information content (AvgIpc) is 2.64. The molecule has 0 aliphatic carbocycles. The van der Waals surface area contributed by atoms with Crippen molar-refractivity contribution < 1.29 is 4.39 Å². The van der Waals surface area contributed by atoms with Crippen molar-refractivity contribution in [1.82, 2.24) is 10.2 Å². The lowest BCUT2D eigenvalue weighted by atomic mass is 9.94. The molecule has 0 saturated heterocycles. The zero-order chi connectivity index (χ0) is 12.6. The molecular weight excluding hydrogens is 217 g/mol. The number of nitrogen functional groups attached to an aromatic ring is 1. The number of hydrogen-bond donors (Lipinski definition) is 2. The lowest BCUT2D eigenvalue weighted by molar-refractivity contribution is 0.597. The molecule has 0 radical (unpaired) electrons. The van der Waals surface area contributed by atoms with Crippen LogP contribution in [-0.4, -0.2) is 10.2 Å². The standard InChI is InChI=1S/C13H16FN3/c1-7(2)9-5-10(8(3)4-12(9)14)11-6-16-17-13(11)15/h4-7H,1-3H3,(H3,15,16,17). The number of benzene rings is 1. The highest BCUT2D eigenvalue weighted by atomic mass is 19.1. The van der Waals surface area contributed by atoms with Gasteiger partial charge in [0.15, 0.2) is 0 Å². The van der Waals surface area contributed by atoms with Gasteiger partial charge in [-0.15, -0.1) is 0 Å². The summed E-state index contributed by atoms with van der Waals surface area (Å²) in [6.07, 6.45) is 1.67. The predicted molar refractivity (Wildman–Crippen MR) is 67.2 cm³/mol. The van der Waals surface area contributed by atoms with E-state index in [-0.39, 0.29) is 11.7 Å². The molecule has 3 N–H and O–H groups in total. The van der Waals surface area contributed by atoms with Crippen LogP contribution in [0, 0.1) is 12.7 Å². The molecule has 0 bridgehead atoms. The van der Waals surface area contributed by atoms with Gasteiger partial charge < -0.3 is 5.73 Å². The van der Waals surface area contributed by atoms with Crippen molar-refractivity contribution in [3.63, 3.8) is 0 Å². The van der Waals surface area contributed by atoms with Gasteiger partial charge in [-0.05, 0) is 41.7 Å². The molecule has 0 aliphatic rings. The Bertz CT molecular complexity index is 544. The summed E-state index contributed by atoms with van der Waals surface area (Å²) in [7, 11) is 0. The van der Waals surface area contributed by atoms with Crippen LogP contribution in [0.4, 0.5) is 10.2 Å². The van der Waals surface area contributed by atoms with Crippen LogP contribution in [0.2, 0.25) is 0 Å². The second-order valence-electron chi connectivity index (χ2n) is 4.54. The largest absolute Gasteiger partial charge is 0.384 e. The number of H-pyrrole nitrogens is 1. The van der Waals surface area contributed by atoms with E-state index in [1.807, 2.05) is 26.8 Å². The Balaban J connectivity index is 2.63. The summed E-state index contributed by atoms with van der Waals surface area (Å²) < 4.78 is 13.8. The Morgan fingerprint density at radius 1 is 1.29 bits per heavy atom. The molecule has 17 heavy (non-hydrogen) atoms. The molecule has 1 aromatic carbocycles. The topological polar surface area (TPSA) is 54.7 Å². The third kappa shape index (κ3) is 2.02. The summed E-state index contributed by atoms with van der Waals surface area (Å²) in [6, 6.07) is 3.41. The number of aromatic nitrogens is 2. The van der Waals surface area contributed by atoms with Crippen LogP contribution in [-0.2, 0) is 0 Å². The predicted octanol–water partition coefficient (Wildman–Crippen LogP) is 3.23. The number of rotatable bonds is 2. The van der Waals surface area contributed by atoms with Crippen molar-refractivity contribution in [2.24, 2.45) is 0 Å². The number of hydrogen-bond acceptors (Lipinski definition) is 2. The molecule has 2 rings (SSSR count). The van der Waals surface area contributed by atoms with Crippen LogP contribution in [0.15, 0.2) is 18.3 Å². The molecule has 0 aliphatic heterocycles. The average molecular weight is 233 g/mol. The first-order valence-corrected chi connectivity index (χ1v) is 5.60. The molecule has 0 amide bonds. The van der Waals surface area contributed by atoms with Gasteiger partial charge in [-0.2, -0.15) is 5.10 Å². The van der Waals surface area contributed by atoms with Crippen molar-refractivity contribution in [2.75, 3.05) is 5.73 Å². The molecule has 0 fully saturated rings. The first kappa shape index (κ1) is 11.6. The smallest absolute Gasteiger partial charge is 0.126 e. The summed E-state index contributed by atoms with van der Waals surface area (Å²) in [5, 5.41) is 6.58. The molecule has 90 valence electrons. The number of nitrogens with zero attached hydrogens (tertiary/aromatic N) is 1. The van der Waals surface area contributed by atoms with Gasteiger partial charge in [0.2, 0.25) is 0 Å². The highest BCUT2D eigenvalue weighted by Gasteiger charge is 2.14. The Labute approximate surface area is 99.9 Å². The number of halogens is 1. The van der Waals surface area contributed by atoms with E-state index >= 15 is 0 Å². The van der Waals surface area contributed by atoms with Gasteiger partial charge in [0.05, 0.1) is 6.20 Å². The minimum absolute atomic E-state index is 0.141. The van der Waals surface area contributed by atoms with Crippen molar-refractivity contribution in [1.29, 1.82) is 0 Å². The van der Waals surface area contributed by atoms with Gasteiger partial charge in [0.1, 0.15) is 11.6 Å². The SMILES string of the molecule is Cc1cc(F)c(C(C)C)cc1-c1cn[nH]c1N. The molecule has 0 atom stereocenters. The molecule has 1 aromatic heterocycles. The van der Waals surface area contributed by atoms with E-state index in [1.165, 1.54) is 0 Å². The Morgan fingerprint density at radius 3 is 2.53 bits per heavy atom. The minimum atomic E-state index is -0.164. The van der Waals surface area contributed by atoms with Crippen molar-refractivity contribution in [2.45, 2.75) is 26.7 Å². The lowest BCUT2D eigenvalue weighted by Gasteiger charge is -2.12. The third-order valence-corrected chi connectivity index (χ3v) is 2.92. The quantitative estimate of drug-likeness (QED) is 0.836. The van der Waals surface area contributed by atoms with Crippen molar-refractivity contribution in [3.05, 3.63) is 35.3 Å². The molecule has 0 spiro atoms. The monoisotopic (exact) mass is 233 g/mol. The lowest BCUT2D eigenvalue weighted by Crippen LogP contribution is -1.97. The molecule has 3 nitrogen and oxygen atoms in total. The molecule has 2 aromatic rings. The van der Waals surface area contributed by atoms with Crippen LogP contribution in [0.3, 0.4) is 0 Å². The Kier molecular flexibility index (Phi) is 2.88.